The number of methoxy groups -OCH3 is 1. The van der Waals surface area contributed by atoms with Crippen molar-refractivity contribution in [3.05, 3.63) is 64.7 Å². The number of halogens is 1. The van der Waals surface area contributed by atoms with Crippen LogP contribution in [0.5, 0.6) is 0 Å². The van der Waals surface area contributed by atoms with E-state index < -0.39 is 0 Å². The first kappa shape index (κ1) is 20.8. The van der Waals surface area contributed by atoms with Gasteiger partial charge in [-0.25, -0.2) is 0 Å². The summed E-state index contributed by atoms with van der Waals surface area (Å²) in [5, 5.41) is 0.723. The zero-order valence-corrected chi connectivity index (χ0v) is 17.8. The van der Waals surface area contributed by atoms with Crippen LogP contribution in [0.4, 0.5) is 5.69 Å². The fraction of sp³-hybridized carbons (Fsp3) is 0.435. The van der Waals surface area contributed by atoms with Crippen molar-refractivity contribution in [3.63, 3.8) is 0 Å². The highest BCUT2D eigenvalue weighted by Gasteiger charge is 2.47. The maximum absolute atomic E-state index is 13.1. The Morgan fingerprint density at radius 3 is 2.43 bits per heavy atom. The molecule has 28 heavy (non-hydrogen) atoms. The van der Waals surface area contributed by atoms with Crippen LogP contribution in [-0.2, 0) is 19.7 Å². The number of rotatable bonds is 6. The smallest absolute Gasteiger partial charge is 0.253 e. The lowest BCUT2D eigenvalue weighted by Gasteiger charge is -2.51. The van der Waals surface area contributed by atoms with Crippen LogP contribution >= 0.6 is 11.6 Å². The van der Waals surface area contributed by atoms with E-state index in [4.69, 9.17) is 21.1 Å². The second-order valence-corrected chi connectivity index (χ2v) is 8.56. The molecule has 4 nitrogen and oxygen atoms in total. The van der Waals surface area contributed by atoms with Crippen molar-refractivity contribution >= 4 is 23.2 Å². The topological polar surface area (TPSA) is 38.8 Å². The normalized spacial score (nSPS) is 20.7. The zero-order chi connectivity index (χ0) is 20.4. The first-order valence-electron chi connectivity index (χ1n) is 9.55. The van der Waals surface area contributed by atoms with Gasteiger partial charge in [0.25, 0.3) is 5.91 Å². The minimum absolute atomic E-state index is 0.0355. The largest absolute Gasteiger partial charge is 0.382 e. The Balaban J connectivity index is 2.00. The second-order valence-electron chi connectivity index (χ2n) is 8.12. The van der Waals surface area contributed by atoms with Crippen molar-refractivity contribution < 1.29 is 14.3 Å². The van der Waals surface area contributed by atoms with Gasteiger partial charge in [-0.2, -0.15) is 0 Å². The highest BCUT2D eigenvalue weighted by molar-refractivity contribution is 6.30. The van der Waals surface area contributed by atoms with Crippen LogP contribution in [0.1, 0.15) is 38.3 Å². The van der Waals surface area contributed by atoms with E-state index in [0.29, 0.717) is 13.2 Å². The summed E-state index contributed by atoms with van der Waals surface area (Å²) in [5.74, 6) is -0.0355. The molecule has 0 N–H and O–H groups in total. The number of hydrogen-bond acceptors (Lipinski definition) is 3. The van der Waals surface area contributed by atoms with Crippen LogP contribution in [-0.4, -0.2) is 38.4 Å². The van der Waals surface area contributed by atoms with Crippen LogP contribution < -0.4 is 4.90 Å². The Hall–Kier alpha value is -1.88. The molecule has 1 unspecified atom stereocenters. The predicted molar refractivity (Wildman–Crippen MR) is 113 cm³/mol. The standard InChI is InChI=1S/C23H28ClNO3/c1-22(2)16-23(3,17-9-11-18(24)12-10-17)19-7-5-6-8-20(19)25(22)21(26)15-28-14-13-27-4/h5-12H,13-16H2,1-4H3. The fourth-order valence-corrected chi connectivity index (χ4v) is 4.54. The molecule has 1 aliphatic rings. The second kappa shape index (κ2) is 8.24. The minimum Gasteiger partial charge on any atom is -0.382 e. The molecule has 0 fully saturated rings. The van der Waals surface area contributed by atoms with Gasteiger partial charge in [-0.3, -0.25) is 4.79 Å². The van der Waals surface area contributed by atoms with Gasteiger partial charge in [0, 0.05) is 28.8 Å². The molecule has 0 aromatic heterocycles. The summed E-state index contributed by atoms with van der Waals surface area (Å²) in [6.45, 7) is 7.39. The molecule has 0 saturated heterocycles. The van der Waals surface area contributed by atoms with E-state index in [0.717, 1.165) is 22.7 Å². The SMILES string of the molecule is COCCOCC(=O)N1c2ccccc2C(C)(c2ccc(Cl)cc2)CC1(C)C. The van der Waals surface area contributed by atoms with Crippen molar-refractivity contribution in [1.82, 2.24) is 0 Å². The summed E-state index contributed by atoms with van der Waals surface area (Å²) in [6, 6.07) is 16.2. The summed E-state index contributed by atoms with van der Waals surface area (Å²) in [5.41, 5.74) is 2.68. The zero-order valence-electron chi connectivity index (χ0n) is 17.0. The third kappa shape index (κ3) is 3.95. The Morgan fingerprint density at radius 2 is 1.75 bits per heavy atom. The third-order valence-corrected chi connectivity index (χ3v) is 5.77. The van der Waals surface area contributed by atoms with Crippen LogP contribution in [0.2, 0.25) is 5.02 Å². The number of fused-ring (bicyclic) bond motifs is 1. The Kier molecular flexibility index (Phi) is 6.13. The summed E-state index contributed by atoms with van der Waals surface area (Å²) < 4.78 is 10.5. The molecular formula is C23H28ClNO3. The number of carbonyl (C=O) groups excluding carboxylic acids is 1. The fourth-order valence-electron chi connectivity index (χ4n) is 4.41. The van der Waals surface area contributed by atoms with Gasteiger partial charge in [0.05, 0.1) is 13.2 Å². The van der Waals surface area contributed by atoms with Crippen LogP contribution in [0.3, 0.4) is 0 Å². The molecule has 1 amide bonds. The minimum atomic E-state index is -0.371. The molecule has 0 bridgehead atoms. The average molecular weight is 402 g/mol. The van der Waals surface area contributed by atoms with Crippen LogP contribution in [0.25, 0.3) is 0 Å². The van der Waals surface area contributed by atoms with Gasteiger partial charge in [0.15, 0.2) is 0 Å². The van der Waals surface area contributed by atoms with Crippen molar-refractivity contribution in [2.45, 2.75) is 38.1 Å². The molecule has 0 aliphatic carbocycles. The summed E-state index contributed by atoms with van der Waals surface area (Å²) in [7, 11) is 1.62. The number of hydrogen-bond donors (Lipinski definition) is 0. The molecule has 5 heteroatoms. The molecule has 2 aromatic rings. The van der Waals surface area contributed by atoms with Crippen molar-refractivity contribution in [2.75, 3.05) is 31.8 Å². The number of anilines is 1. The van der Waals surface area contributed by atoms with Crippen LogP contribution in [0, 0.1) is 0 Å². The van der Waals surface area contributed by atoms with Crippen LogP contribution in [0.15, 0.2) is 48.5 Å². The Labute approximate surface area is 172 Å². The Bertz CT molecular complexity index is 834. The molecular weight excluding hydrogens is 374 g/mol. The maximum Gasteiger partial charge on any atom is 0.253 e. The van der Waals surface area contributed by atoms with Gasteiger partial charge >= 0.3 is 0 Å². The summed E-state index contributed by atoms with van der Waals surface area (Å²) in [6.07, 6.45) is 0.794. The molecule has 1 heterocycles. The highest BCUT2D eigenvalue weighted by atomic mass is 35.5. The Morgan fingerprint density at radius 1 is 1.07 bits per heavy atom. The van der Waals surface area contributed by atoms with Crippen molar-refractivity contribution in [1.29, 1.82) is 0 Å². The van der Waals surface area contributed by atoms with Gasteiger partial charge in [0.1, 0.15) is 6.61 Å². The van der Waals surface area contributed by atoms with Gasteiger partial charge in [-0.15, -0.1) is 0 Å². The van der Waals surface area contributed by atoms with E-state index in [9.17, 15) is 4.79 Å². The number of nitrogens with zero attached hydrogens (tertiary/aromatic N) is 1. The summed E-state index contributed by atoms with van der Waals surface area (Å²) in [4.78, 5) is 15.0. The highest BCUT2D eigenvalue weighted by Crippen LogP contribution is 2.50. The van der Waals surface area contributed by atoms with E-state index in [1.807, 2.05) is 35.2 Å². The molecule has 0 spiro atoms. The van der Waals surface area contributed by atoms with E-state index in [1.54, 1.807) is 7.11 Å². The quantitative estimate of drug-likeness (QED) is 0.651. The molecule has 0 radical (unpaired) electrons. The lowest BCUT2D eigenvalue weighted by atomic mass is 9.65. The maximum atomic E-state index is 13.1. The van der Waals surface area contributed by atoms with E-state index in [1.165, 1.54) is 5.56 Å². The lowest BCUT2D eigenvalue weighted by Crippen LogP contribution is -2.56. The van der Waals surface area contributed by atoms with E-state index in [2.05, 4.69) is 39.0 Å². The third-order valence-electron chi connectivity index (χ3n) is 5.52. The van der Waals surface area contributed by atoms with E-state index >= 15 is 0 Å². The van der Waals surface area contributed by atoms with Gasteiger partial charge in [-0.05, 0) is 49.6 Å². The van der Waals surface area contributed by atoms with Gasteiger partial charge < -0.3 is 14.4 Å². The lowest BCUT2D eigenvalue weighted by molar-refractivity contribution is -0.124. The first-order chi connectivity index (χ1) is 13.3. The molecule has 3 rings (SSSR count). The van der Waals surface area contributed by atoms with E-state index in [-0.39, 0.29) is 23.5 Å². The summed E-state index contributed by atoms with van der Waals surface area (Å²) >= 11 is 6.11. The van der Waals surface area contributed by atoms with Gasteiger partial charge in [0.2, 0.25) is 0 Å². The first-order valence-corrected chi connectivity index (χ1v) is 9.93. The predicted octanol–water partition coefficient (Wildman–Crippen LogP) is 4.82. The molecule has 2 aromatic carbocycles. The molecule has 1 aliphatic heterocycles. The van der Waals surface area contributed by atoms with Gasteiger partial charge in [-0.1, -0.05) is 48.9 Å². The number of carbonyl (C=O) groups is 1. The number of amides is 1. The average Bonchev–Trinajstić information content (AvgIpc) is 2.65. The molecule has 150 valence electrons. The number of ether oxygens (including phenoxy) is 2. The van der Waals surface area contributed by atoms with Crippen molar-refractivity contribution in [3.8, 4) is 0 Å². The molecule has 0 saturated carbocycles. The number of benzene rings is 2. The monoisotopic (exact) mass is 401 g/mol. The molecule has 1 atom stereocenters. The number of para-hydroxylation sites is 1. The van der Waals surface area contributed by atoms with Crippen molar-refractivity contribution in [2.24, 2.45) is 0 Å².